The van der Waals surface area contributed by atoms with Crippen LogP contribution in [0.5, 0.6) is 11.5 Å². The van der Waals surface area contributed by atoms with Crippen molar-refractivity contribution in [3.05, 3.63) is 70.7 Å². The Labute approximate surface area is 231 Å². The van der Waals surface area contributed by atoms with E-state index in [2.05, 4.69) is 60.0 Å². The van der Waals surface area contributed by atoms with Crippen molar-refractivity contribution in [3.8, 4) is 11.5 Å². The Hall–Kier alpha value is -3.36. The van der Waals surface area contributed by atoms with Crippen LogP contribution >= 0.6 is 0 Å². The van der Waals surface area contributed by atoms with Crippen LogP contribution < -0.4 is 9.47 Å². The van der Waals surface area contributed by atoms with E-state index in [1.54, 1.807) is 6.92 Å². The van der Waals surface area contributed by atoms with Crippen LogP contribution in [0.4, 0.5) is 0 Å². The second-order valence-corrected chi connectivity index (χ2v) is 11.3. The van der Waals surface area contributed by atoms with E-state index in [9.17, 15) is 15.1 Å². The minimum atomic E-state index is -0.256. The number of pyridine rings is 1. The number of aromatic nitrogens is 1. The molecule has 2 aromatic carbocycles. The number of aryl methyl sites for hydroxylation is 1. The highest BCUT2D eigenvalue weighted by Crippen LogP contribution is 2.34. The van der Waals surface area contributed by atoms with Crippen molar-refractivity contribution in [1.29, 1.82) is 0 Å². The molecule has 0 aliphatic carbocycles. The molecule has 2 aliphatic rings. The first kappa shape index (κ1) is 27.2. The first-order valence-electron chi connectivity index (χ1n) is 14.0. The number of hydrogen-bond acceptors (Lipinski definition) is 6. The summed E-state index contributed by atoms with van der Waals surface area (Å²) in [6.45, 7) is 14.1. The topological polar surface area (TPSA) is 83.2 Å². The van der Waals surface area contributed by atoms with Crippen LogP contribution in [0.25, 0.3) is 10.8 Å². The molecule has 3 heterocycles. The summed E-state index contributed by atoms with van der Waals surface area (Å²) in [4.78, 5) is 20.2. The molecular weight excluding hydrogens is 492 g/mol. The smallest absolute Gasteiger partial charge is 0.258 e. The lowest BCUT2D eigenvalue weighted by molar-refractivity contribution is -0.606. The highest BCUT2D eigenvalue weighted by Gasteiger charge is 2.40. The molecule has 1 N–H and O–H groups in total. The van der Waals surface area contributed by atoms with Crippen molar-refractivity contribution >= 4 is 16.7 Å². The number of carbonyl (C=O) groups is 1. The Morgan fingerprint density at radius 3 is 2.49 bits per heavy atom. The van der Waals surface area contributed by atoms with Crippen molar-refractivity contribution in [2.24, 2.45) is 0 Å². The number of amides is 1. The number of ether oxygens (including phenoxy) is 1. The zero-order valence-corrected chi connectivity index (χ0v) is 23.5. The fourth-order valence-electron chi connectivity index (χ4n) is 6.32. The molecule has 0 radical (unpaired) electrons. The van der Waals surface area contributed by atoms with Gasteiger partial charge in [-0.05, 0) is 57.6 Å². The molecule has 0 bridgehead atoms. The van der Waals surface area contributed by atoms with Gasteiger partial charge in [0.1, 0.15) is 5.75 Å². The van der Waals surface area contributed by atoms with E-state index in [4.69, 9.17) is 4.74 Å². The van der Waals surface area contributed by atoms with Crippen LogP contribution in [-0.4, -0.2) is 76.6 Å². The van der Waals surface area contributed by atoms with Gasteiger partial charge in [-0.25, -0.2) is 0 Å². The van der Waals surface area contributed by atoms with Crippen LogP contribution in [0.15, 0.2) is 48.8 Å². The Kier molecular flexibility index (Phi) is 7.69. The van der Waals surface area contributed by atoms with Crippen LogP contribution in [0, 0.1) is 12.1 Å². The lowest BCUT2D eigenvalue weighted by Gasteiger charge is -2.51. The predicted molar refractivity (Wildman–Crippen MR) is 152 cm³/mol. The lowest BCUT2D eigenvalue weighted by Crippen LogP contribution is -2.61. The molecule has 8 nitrogen and oxygen atoms in total. The summed E-state index contributed by atoms with van der Waals surface area (Å²) < 4.78 is 6.41. The van der Waals surface area contributed by atoms with Gasteiger partial charge in [-0.15, -0.1) is 0 Å². The van der Waals surface area contributed by atoms with Gasteiger partial charge >= 0.3 is 0 Å². The minimum Gasteiger partial charge on any atom is -0.619 e. The maximum atomic E-state index is 13.2. The van der Waals surface area contributed by atoms with Gasteiger partial charge in [-0.2, -0.15) is 4.73 Å². The van der Waals surface area contributed by atoms with Crippen LogP contribution in [0.3, 0.4) is 0 Å². The van der Waals surface area contributed by atoms with Crippen LogP contribution in [0.1, 0.15) is 55.1 Å². The molecule has 2 saturated heterocycles. The minimum absolute atomic E-state index is 0.0226. The third-order valence-electron chi connectivity index (χ3n) is 8.74. The number of piperidine rings is 1. The molecule has 39 heavy (non-hydrogen) atoms. The molecule has 2 aliphatic heterocycles. The summed E-state index contributed by atoms with van der Waals surface area (Å²) in [6, 6.07) is 13.2. The second kappa shape index (κ2) is 11.0. The molecule has 208 valence electrons. The summed E-state index contributed by atoms with van der Waals surface area (Å²) in [5.41, 5.74) is 2.08. The fourth-order valence-corrected chi connectivity index (χ4v) is 6.32. The van der Waals surface area contributed by atoms with Crippen molar-refractivity contribution in [1.82, 2.24) is 14.7 Å². The molecule has 0 saturated carbocycles. The number of fused-ring (bicyclic) bond motifs is 1. The molecular formula is C31H40N4O4. The van der Waals surface area contributed by atoms with Crippen molar-refractivity contribution < 1.29 is 19.4 Å². The van der Waals surface area contributed by atoms with E-state index in [1.807, 2.05) is 11.8 Å². The molecule has 2 fully saturated rings. The summed E-state index contributed by atoms with van der Waals surface area (Å²) >= 11 is 0. The van der Waals surface area contributed by atoms with Crippen LogP contribution in [0.2, 0.25) is 0 Å². The van der Waals surface area contributed by atoms with E-state index >= 15 is 0 Å². The quantitative estimate of drug-likeness (QED) is 0.381. The van der Waals surface area contributed by atoms with E-state index in [1.165, 1.54) is 22.5 Å². The van der Waals surface area contributed by atoms with Gasteiger partial charge in [0.05, 0.1) is 12.2 Å². The zero-order valence-electron chi connectivity index (χ0n) is 23.5. The van der Waals surface area contributed by atoms with Gasteiger partial charge in [-0.1, -0.05) is 30.3 Å². The van der Waals surface area contributed by atoms with Gasteiger partial charge in [0, 0.05) is 61.8 Å². The lowest BCUT2D eigenvalue weighted by atomic mass is 9.86. The average Bonchev–Trinajstić information content (AvgIpc) is 2.91. The number of hydrogen-bond donors (Lipinski definition) is 1. The van der Waals surface area contributed by atoms with E-state index < -0.39 is 0 Å². The number of likely N-dealkylation sites (tertiary alicyclic amines) is 1. The first-order valence-corrected chi connectivity index (χ1v) is 14.0. The molecule has 0 spiro atoms. The Morgan fingerprint density at radius 2 is 1.82 bits per heavy atom. The number of aromatic hydroxyl groups is 1. The second-order valence-electron chi connectivity index (χ2n) is 11.3. The normalized spacial score (nSPS) is 20.3. The molecule has 3 aromatic rings. The Bertz CT molecular complexity index is 1330. The third-order valence-corrected chi connectivity index (χ3v) is 8.74. The highest BCUT2D eigenvalue weighted by atomic mass is 16.5. The summed E-state index contributed by atoms with van der Waals surface area (Å²) in [6.07, 6.45) is 4.13. The van der Waals surface area contributed by atoms with E-state index in [0.717, 1.165) is 51.0 Å². The number of piperazine rings is 1. The van der Waals surface area contributed by atoms with Crippen molar-refractivity contribution in [3.63, 3.8) is 0 Å². The maximum absolute atomic E-state index is 13.2. The standard InChI is InChI=1S/C31H40N4O4/c1-5-39-28-11-10-24(25-8-6-7-9-26(25)28)20-33-16-17-34(19-23(33)3)31(4)12-14-32(15-13-31)30(37)29-22(2)18-35(38)21-27(29)36/h6-11,18,21,23,36H,5,12-17,19-20H2,1-4H3/t23-/m0/s1. The van der Waals surface area contributed by atoms with Gasteiger partial charge < -0.3 is 20.0 Å². The third kappa shape index (κ3) is 5.40. The molecule has 1 aromatic heterocycles. The summed E-state index contributed by atoms with van der Waals surface area (Å²) in [7, 11) is 0. The van der Waals surface area contributed by atoms with Crippen LogP contribution in [-0.2, 0) is 6.54 Å². The Morgan fingerprint density at radius 1 is 1.10 bits per heavy atom. The van der Waals surface area contributed by atoms with Crippen molar-refractivity contribution in [2.75, 3.05) is 39.3 Å². The monoisotopic (exact) mass is 532 g/mol. The van der Waals surface area contributed by atoms with Gasteiger partial charge in [0.25, 0.3) is 5.91 Å². The van der Waals surface area contributed by atoms with Crippen molar-refractivity contribution in [2.45, 2.75) is 58.7 Å². The molecule has 8 heteroatoms. The van der Waals surface area contributed by atoms with Gasteiger partial charge in [0.15, 0.2) is 11.9 Å². The van der Waals surface area contributed by atoms with E-state index in [-0.39, 0.29) is 22.8 Å². The number of nitrogens with zero attached hydrogens (tertiary/aromatic N) is 4. The van der Waals surface area contributed by atoms with Gasteiger partial charge in [-0.3, -0.25) is 14.6 Å². The molecule has 1 amide bonds. The number of rotatable bonds is 6. The summed E-state index contributed by atoms with van der Waals surface area (Å²) in [5.74, 6) is 0.487. The summed E-state index contributed by atoms with van der Waals surface area (Å²) in [5, 5.41) is 24.3. The number of carbonyl (C=O) groups excluding carboxylic acids is 1. The predicted octanol–water partition coefficient (Wildman–Crippen LogP) is 4.09. The molecule has 0 unspecified atom stereocenters. The largest absolute Gasteiger partial charge is 0.619 e. The SMILES string of the molecule is CCOc1ccc(CN2CCN(C3(C)CCN(C(=O)c4c(C)c[n+]([O-])cc4O)CC3)C[C@@H]2C)c2ccccc12. The molecule has 1 atom stereocenters. The highest BCUT2D eigenvalue weighted by molar-refractivity contribution is 5.98. The zero-order chi connectivity index (χ0) is 27.7. The molecule has 5 rings (SSSR count). The first-order chi connectivity index (χ1) is 18.7. The fraction of sp³-hybridized carbons (Fsp3) is 0.484. The number of benzene rings is 2. The van der Waals surface area contributed by atoms with E-state index in [0.29, 0.717) is 36.0 Å². The average molecular weight is 533 g/mol. The maximum Gasteiger partial charge on any atom is 0.258 e. The van der Waals surface area contributed by atoms with Gasteiger partial charge in [0.2, 0.25) is 6.20 Å². The Balaban J connectivity index is 1.22.